The molecule has 6 heteroatoms. The minimum absolute atomic E-state index is 0.0240. The van der Waals surface area contributed by atoms with E-state index in [1.165, 1.54) is 11.5 Å². The second-order valence-corrected chi connectivity index (χ2v) is 7.07. The van der Waals surface area contributed by atoms with Gasteiger partial charge < -0.3 is 4.90 Å². The molecule has 0 radical (unpaired) electrons. The van der Waals surface area contributed by atoms with Gasteiger partial charge in [0.2, 0.25) is 0 Å². The first-order valence-electron chi connectivity index (χ1n) is 7.75. The van der Waals surface area contributed by atoms with Crippen LogP contribution in [0.1, 0.15) is 67.2 Å². The van der Waals surface area contributed by atoms with E-state index in [9.17, 15) is 9.59 Å². The molecule has 5 nitrogen and oxygen atoms in total. The molecule has 114 valence electrons. The molecule has 1 aliphatic carbocycles. The van der Waals surface area contributed by atoms with Crippen LogP contribution in [-0.4, -0.2) is 38.8 Å². The third-order valence-corrected chi connectivity index (χ3v) is 5.36. The molecule has 1 saturated heterocycles. The van der Waals surface area contributed by atoms with Gasteiger partial charge in [0.15, 0.2) is 0 Å². The number of hydrogen-bond donors (Lipinski definition) is 0. The largest absolute Gasteiger partial charge is 0.334 e. The Kier molecular flexibility index (Phi) is 4.06. The summed E-state index contributed by atoms with van der Waals surface area (Å²) >= 11 is 1.18. The number of amides is 1. The molecule has 1 aromatic heterocycles. The van der Waals surface area contributed by atoms with Gasteiger partial charge in [-0.3, -0.25) is 9.59 Å². The maximum absolute atomic E-state index is 12.9. The van der Waals surface area contributed by atoms with Crippen molar-refractivity contribution in [1.29, 1.82) is 0 Å². The van der Waals surface area contributed by atoms with E-state index in [0.29, 0.717) is 17.1 Å². The van der Waals surface area contributed by atoms with Crippen molar-refractivity contribution in [2.24, 2.45) is 5.92 Å². The van der Waals surface area contributed by atoms with Crippen molar-refractivity contribution in [3.8, 4) is 0 Å². The lowest BCUT2D eigenvalue weighted by Crippen LogP contribution is -2.41. The highest BCUT2D eigenvalue weighted by Gasteiger charge is 2.41. The summed E-state index contributed by atoms with van der Waals surface area (Å²) in [5.74, 6) is 0.610. The lowest BCUT2D eigenvalue weighted by atomic mass is 9.95. The standard InChI is InChI=1S/C15H21N3O2S/c1-9(2)13-14(21-17-16-13)15(20)18-8-4-6-11(18)10-5-3-7-12(10)19/h9-11H,3-8H2,1-2H3. The van der Waals surface area contributed by atoms with Gasteiger partial charge in [0, 0.05) is 24.9 Å². The maximum Gasteiger partial charge on any atom is 0.267 e. The van der Waals surface area contributed by atoms with Crippen LogP contribution in [0.25, 0.3) is 0 Å². The monoisotopic (exact) mass is 307 g/mol. The Morgan fingerprint density at radius 1 is 1.33 bits per heavy atom. The van der Waals surface area contributed by atoms with E-state index < -0.39 is 0 Å². The zero-order valence-corrected chi connectivity index (χ0v) is 13.4. The summed E-state index contributed by atoms with van der Waals surface area (Å²) in [6, 6.07) is 0.0922. The van der Waals surface area contributed by atoms with E-state index in [0.717, 1.165) is 37.9 Å². The van der Waals surface area contributed by atoms with Crippen molar-refractivity contribution in [2.45, 2.75) is 57.9 Å². The Morgan fingerprint density at radius 2 is 2.14 bits per heavy atom. The number of carbonyl (C=O) groups is 2. The molecule has 2 aliphatic rings. The van der Waals surface area contributed by atoms with Crippen molar-refractivity contribution < 1.29 is 9.59 Å². The van der Waals surface area contributed by atoms with E-state index in [2.05, 4.69) is 9.59 Å². The van der Waals surface area contributed by atoms with E-state index in [1.54, 1.807) is 0 Å². The summed E-state index contributed by atoms with van der Waals surface area (Å²) in [5.41, 5.74) is 0.786. The zero-order chi connectivity index (χ0) is 15.0. The highest BCUT2D eigenvalue weighted by molar-refractivity contribution is 7.08. The molecule has 0 spiro atoms. The van der Waals surface area contributed by atoms with Gasteiger partial charge in [0.05, 0.1) is 5.69 Å². The van der Waals surface area contributed by atoms with E-state index in [-0.39, 0.29) is 23.8 Å². The van der Waals surface area contributed by atoms with Crippen molar-refractivity contribution in [1.82, 2.24) is 14.5 Å². The summed E-state index contributed by atoms with van der Waals surface area (Å²) in [5, 5.41) is 4.10. The number of carbonyl (C=O) groups excluding carboxylic acids is 2. The molecule has 2 unspecified atom stereocenters. The van der Waals surface area contributed by atoms with Gasteiger partial charge in [-0.15, -0.1) is 5.10 Å². The molecule has 21 heavy (non-hydrogen) atoms. The first kappa shape index (κ1) is 14.6. The van der Waals surface area contributed by atoms with Gasteiger partial charge in [-0.1, -0.05) is 18.3 Å². The Hall–Kier alpha value is -1.30. The van der Waals surface area contributed by atoms with Crippen LogP contribution >= 0.6 is 11.5 Å². The predicted octanol–water partition coefficient (Wildman–Crippen LogP) is 2.64. The molecule has 0 aromatic carbocycles. The third kappa shape index (κ3) is 2.61. The van der Waals surface area contributed by atoms with Crippen molar-refractivity contribution in [3.05, 3.63) is 10.6 Å². The second-order valence-electron chi connectivity index (χ2n) is 6.32. The van der Waals surface area contributed by atoms with Crippen molar-refractivity contribution >= 4 is 23.2 Å². The lowest BCUT2D eigenvalue weighted by Gasteiger charge is -2.28. The number of nitrogens with zero attached hydrogens (tertiary/aromatic N) is 3. The highest BCUT2D eigenvalue weighted by Crippen LogP contribution is 2.35. The van der Waals surface area contributed by atoms with E-state index in [1.807, 2.05) is 18.7 Å². The SMILES string of the molecule is CC(C)c1nnsc1C(=O)N1CCCC1C1CCCC1=O. The van der Waals surface area contributed by atoms with Gasteiger partial charge >= 0.3 is 0 Å². The Balaban J connectivity index is 1.83. The smallest absolute Gasteiger partial charge is 0.267 e. The molecule has 3 rings (SSSR count). The fourth-order valence-corrected chi connectivity index (χ4v) is 4.34. The molecule has 2 fully saturated rings. The average Bonchev–Trinajstić information content (AvgIpc) is 3.17. The predicted molar refractivity (Wildman–Crippen MR) is 80.4 cm³/mol. The molecule has 2 heterocycles. The molecule has 1 aromatic rings. The maximum atomic E-state index is 12.9. The molecular formula is C15H21N3O2S. The number of rotatable bonds is 3. The van der Waals surface area contributed by atoms with Crippen LogP contribution in [0.2, 0.25) is 0 Å². The van der Waals surface area contributed by atoms with E-state index in [4.69, 9.17) is 0 Å². The number of ketones is 1. The number of Topliss-reactive ketones (excluding diaryl/α,β-unsaturated/α-hetero) is 1. The van der Waals surface area contributed by atoms with Gasteiger partial charge in [0.1, 0.15) is 10.7 Å². The Labute approximate surface area is 128 Å². The summed E-state index contributed by atoms with van der Waals surface area (Å²) in [6.07, 6.45) is 4.53. The fourth-order valence-electron chi connectivity index (χ4n) is 3.57. The van der Waals surface area contributed by atoms with Crippen LogP contribution in [0, 0.1) is 5.92 Å². The summed E-state index contributed by atoms with van der Waals surface area (Å²) in [7, 11) is 0. The number of likely N-dealkylation sites (tertiary alicyclic amines) is 1. The normalized spacial score (nSPS) is 26.0. The molecule has 2 atom stereocenters. The molecule has 0 N–H and O–H groups in total. The molecule has 1 saturated carbocycles. The quantitative estimate of drug-likeness (QED) is 0.861. The molecule has 1 amide bonds. The summed E-state index contributed by atoms with van der Waals surface area (Å²) in [6.45, 7) is 4.80. The fraction of sp³-hybridized carbons (Fsp3) is 0.733. The lowest BCUT2D eigenvalue weighted by molar-refractivity contribution is -0.121. The van der Waals surface area contributed by atoms with Gasteiger partial charge in [-0.2, -0.15) is 0 Å². The van der Waals surface area contributed by atoms with Crippen LogP contribution in [0.4, 0.5) is 0 Å². The van der Waals surface area contributed by atoms with E-state index >= 15 is 0 Å². The molecule has 1 aliphatic heterocycles. The second kappa shape index (κ2) is 5.83. The zero-order valence-electron chi connectivity index (χ0n) is 12.5. The van der Waals surface area contributed by atoms with Crippen molar-refractivity contribution in [3.63, 3.8) is 0 Å². The van der Waals surface area contributed by atoms with Crippen LogP contribution in [0.5, 0.6) is 0 Å². The first-order chi connectivity index (χ1) is 10.1. The van der Waals surface area contributed by atoms with Gasteiger partial charge in [-0.05, 0) is 43.1 Å². The molecular weight excluding hydrogens is 286 g/mol. The van der Waals surface area contributed by atoms with Crippen LogP contribution < -0.4 is 0 Å². The summed E-state index contributed by atoms with van der Waals surface area (Å²) < 4.78 is 3.95. The van der Waals surface area contributed by atoms with Crippen LogP contribution in [-0.2, 0) is 4.79 Å². The van der Waals surface area contributed by atoms with Crippen LogP contribution in [0.3, 0.4) is 0 Å². The minimum Gasteiger partial charge on any atom is -0.334 e. The van der Waals surface area contributed by atoms with Gasteiger partial charge in [0.25, 0.3) is 5.91 Å². The Bertz CT molecular complexity index is 555. The highest BCUT2D eigenvalue weighted by atomic mass is 32.1. The molecule has 0 bridgehead atoms. The first-order valence-corrected chi connectivity index (χ1v) is 8.53. The topological polar surface area (TPSA) is 63.2 Å². The third-order valence-electron chi connectivity index (χ3n) is 4.63. The van der Waals surface area contributed by atoms with Crippen molar-refractivity contribution in [2.75, 3.05) is 6.54 Å². The Morgan fingerprint density at radius 3 is 2.81 bits per heavy atom. The average molecular weight is 307 g/mol. The summed E-state index contributed by atoms with van der Waals surface area (Å²) in [4.78, 5) is 27.4. The minimum atomic E-state index is 0.0240. The van der Waals surface area contributed by atoms with Gasteiger partial charge in [-0.25, -0.2) is 0 Å². The number of aromatic nitrogens is 2. The number of hydrogen-bond acceptors (Lipinski definition) is 5. The van der Waals surface area contributed by atoms with Crippen LogP contribution in [0.15, 0.2) is 0 Å².